The van der Waals surface area contributed by atoms with Gasteiger partial charge in [-0.3, -0.25) is 9.59 Å². The number of amides is 2. The largest absolute Gasteiger partial charge is 0.366 e. The van der Waals surface area contributed by atoms with E-state index in [4.69, 9.17) is 5.73 Å². The van der Waals surface area contributed by atoms with Crippen molar-refractivity contribution in [1.82, 2.24) is 5.32 Å². The first-order chi connectivity index (χ1) is 8.59. The number of rotatable bonds is 3. The second kappa shape index (κ2) is 5.18. The molecule has 1 heterocycles. The molecule has 96 valence electrons. The van der Waals surface area contributed by atoms with Crippen LogP contribution < -0.4 is 16.4 Å². The zero-order valence-corrected chi connectivity index (χ0v) is 10.3. The Labute approximate surface area is 106 Å². The second-order valence-electron chi connectivity index (χ2n) is 4.54. The Hall–Kier alpha value is -1.88. The third-order valence-corrected chi connectivity index (χ3v) is 3.21. The van der Waals surface area contributed by atoms with E-state index < -0.39 is 5.91 Å². The van der Waals surface area contributed by atoms with Crippen molar-refractivity contribution in [1.29, 1.82) is 0 Å². The Morgan fingerprint density at radius 1 is 1.44 bits per heavy atom. The van der Waals surface area contributed by atoms with Crippen LogP contribution in [0, 0.1) is 12.8 Å². The lowest BCUT2D eigenvalue weighted by molar-refractivity contribution is -0.119. The Kier molecular flexibility index (Phi) is 3.62. The van der Waals surface area contributed by atoms with Gasteiger partial charge < -0.3 is 16.4 Å². The fourth-order valence-electron chi connectivity index (χ4n) is 2.21. The van der Waals surface area contributed by atoms with Crippen LogP contribution in [0.4, 0.5) is 5.69 Å². The van der Waals surface area contributed by atoms with Gasteiger partial charge in [0.25, 0.3) is 5.91 Å². The molecule has 0 aliphatic carbocycles. The molecule has 4 N–H and O–H groups in total. The maximum atomic E-state index is 12.0. The van der Waals surface area contributed by atoms with Gasteiger partial charge in [0.1, 0.15) is 0 Å². The number of primary amides is 1. The second-order valence-corrected chi connectivity index (χ2v) is 4.54. The van der Waals surface area contributed by atoms with E-state index in [0.29, 0.717) is 17.8 Å². The quantitative estimate of drug-likeness (QED) is 0.733. The van der Waals surface area contributed by atoms with E-state index in [-0.39, 0.29) is 11.8 Å². The van der Waals surface area contributed by atoms with Crippen molar-refractivity contribution in [2.45, 2.75) is 13.3 Å². The minimum absolute atomic E-state index is 0.0359. The maximum absolute atomic E-state index is 12.0. The molecule has 2 rings (SSSR count). The van der Waals surface area contributed by atoms with Gasteiger partial charge in [-0.1, -0.05) is 12.1 Å². The molecule has 1 unspecified atom stereocenters. The lowest BCUT2D eigenvalue weighted by Crippen LogP contribution is -2.26. The average Bonchev–Trinajstić information content (AvgIpc) is 2.81. The van der Waals surface area contributed by atoms with Gasteiger partial charge in [0.05, 0.1) is 17.2 Å². The van der Waals surface area contributed by atoms with Gasteiger partial charge >= 0.3 is 0 Å². The van der Waals surface area contributed by atoms with Crippen molar-refractivity contribution in [3.63, 3.8) is 0 Å². The number of benzene rings is 1. The third kappa shape index (κ3) is 2.51. The number of carbonyl (C=O) groups excluding carboxylic acids is 2. The zero-order chi connectivity index (χ0) is 13.1. The first kappa shape index (κ1) is 12.6. The van der Waals surface area contributed by atoms with Crippen LogP contribution in [0.25, 0.3) is 0 Å². The molecule has 5 heteroatoms. The van der Waals surface area contributed by atoms with E-state index in [2.05, 4.69) is 10.6 Å². The van der Waals surface area contributed by atoms with Crippen LogP contribution in [-0.2, 0) is 4.79 Å². The minimum atomic E-state index is -0.520. The highest BCUT2D eigenvalue weighted by atomic mass is 16.2. The SMILES string of the molecule is Cc1cccc(NC(=O)C2CCNC2)c1C(N)=O. The van der Waals surface area contributed by atoms with E-state index >= 15 is 0 Å². The lowest BCUT2D eigenvalue weighted by atomic mass is 10.0. The van der Waals surface area contributed by atoms with Gasteiger partial charge in [-0.25, -0.2) is 0 Å². The van der Waals surface area contributed by atoms with Gasteiger partial charge in [-0.2, -0.15) is 0 Å². The van der Waals surface area contributed by atoms with Gasteiger partial charge in [0.15, 0.2) is 0 Å². The van der Waals surface area contributed by atoms with Crippen LogP contribution in [0.5, 0.6) is 0 Å². The van der Waals surface area contributed by atoms with Crippen molar-refractivity contribution in [3.05, 3.63) is 29.3 Å². The number of nitrogens with one attached hydrogen (secondary N) is 2. The molecular weight excluding hydrogens is 230 g/mol. The maximum Gasteiger partial charge on any atom is 0.251 e. The highest BCUT2D eigenvalue weighted by Crippen LogP contribution is 2.20. The Balaban J connectivity index is 2.20. The lowest BCUT2D eigenvalue weighted by Gasteiger charge is -2.13. The average molecular weight is 247 g/mol. The Morgan fingerprint density at radius 2 is 2.22 bits per heavy atom. The molecule has 1 fully saturated rings. The summed E-state index contributed by atoms with van der Waals surface area (Å²) in [4.78, 5) is 23.4. The van der Waals surface area contributed by atoms with E-state index in [1.165, 1.54) is 0 Å². The molecular formula is C13H17N3O2. The third-order valence-electron chi connectivity index (χ3n) is 3.21. The highest BCUT2D eigenvalue weighted by Gasteiger charge is 2.23. The number of carbonyl (C=O) groups is 2. The molecule has 2 amide bonds. The smallest absolute Gasteiger partial charge is 0.251 e. The summed E-state index contributed by atoms with van der Waals surface area (Å²) in [6, 6.07) is 5.30. The fourth-order valence-corrected chi connectivity index (χ4v) is 2.21. The molecule has 18 heavy (non-hydrogen) atoms. The molecule has 1 aliphatic rings. The van der Waals surface area contributed by atoms with E-state index in [9.17, 15) is 9.59 Å². The Bertz CT molecular complexity index is 479. The van der Waals surface area contributed by atoms with Crippen LogP contribution in [0.1, 0.15) is 22.3 Å². The van der Waals surface area contributed by atoms with Gasteiger partial charge in [0.2, 0.25) is 5.91 Å². The predicted molar refractivity (Wildman–Crippen MR) is 69.3 cm³/mol. The highest BCUT2D eigenvalue weighted by molar-refractivity contribution is 6.04. The van der Waals surface area contributed by atoms with Crippen LogP contribution in [0.15, 0.2) is 18.2 Å². The van der Waals surface area contributed by atoms with Crippen LogP contribution in [-0.4, -0.2) is 24.9 Å². The Morgan fingerprint density at radius 3 is 2.83 bits per heavy atom. The van der Waals surface area contributed by atoms with Crippen LogP contribution in [0.2, 0.25) is 0 Å². The van der Waals surface area contributed by atoms with Gasteiger partial charge in [-0.05, 0) is 31.5 Å². The molecule has 0 aromatic heterocycles. The molecule has 1 atom stereocenters. The predicted octanol–water partition coefficient (Wildman–Crippen LogP) is 0.642. The summed E-state index contributed by atoms with van der Waals surface area (Å²) in [7, 11) is 0. The molecule has 0 bridgehead atoms. The monoisotopic (exact) mass is 247 g/mol. The van der Waals surface area contributed by atoms with Crippen LogP contribution in [0.3, 0.4) is 0 Å². The molecule has 1 aromatic rings. The standard InChI is InChI=1S/C13H17N3O2/c1-8-3-2-4-10(11(8)12(14)17)16-13(18)9-5-6-15-7-9/h2-4,9,15H,5-7H2,1H3,(H2,14,17)(H,16,18). The normalized spacial score (nSPS) is 18.6. The summed E-state index contributed by atoms with van der Waals surface area (Å²) in [5.41, 5.74) is 7.00. The summed E-state index contributed by atoms with van der Waals surface area (Å²) in [6.45, 7) is 3.34. The molecule has 5 nitrogen and oxygen atoms in total. The minimum Gasteiger partial charge on any atom is -0.366 e. The first-order valence-electron chi connectivity index (χ1n) is 6.00. The summed E-state index contributed by atoms with van der Waals surface area (Å²) in [5.74, 6) is -0.618. The molecule has 0 radical (unpaired) electrons. The fraction of sp³-hybridized carbons (Fsp3) is 0.385. The van der Waals surface area contributed by atoms with Crippen molar-refractivity contribution in [2.75, 3.05) is 18.4 Å². The van der Waals surface area contributed by atoms with Crippen molar-refractivity contribution >= 4 is 17.5 Å². The number of hydrogen-bond acceptors (Lipinski definition) is 3. The molecule has 0 spiro atoms. The van der Waals surface area contributed by atoms with Crippen molar-refractivity contribution in [2.24, 2.45) is 11.7 Å². The van der Waals surface area contributed by atoms with E-state index in [1.807, 2.05) is 0 Å². The van der Waals surface area contributed by atoms with Crippen molar-refractivity contribution in [3.8, 4) is 0 Å². The van der Waals surface area contributed by atoms with Gasteiger partial charge in [0, 0.05) is 6.54 Å². The summed E-state index contributed by atoms with van der Waals surface area (Å²) in [5, 5.41) is 5.93. The first-order valence-corrected chi connectivity index (χ1v) is 6.00. The van der Waals surface area contributed by atoms with E-state index in [0.717, 1.165) is 18.5 Å². The van der Waals surface area contributed by atoms with E-state index in [1.54, 1.807) is 25.1 Å². The number of hydrogen-bond donors (Lipinski definition) is 3. The molecule has 0 saturated carbocycles. The molecule has 1 aromatic carbocycles. The molecule has 1 saturated heterocycles. The number of anilines is 1. The van der Waals surface area contributed by atoms with Gasteiger partial charge in [-0.15, -0.1) is 0 Å². The number of nitrogens with two attached hydrogens (primary N) is 1. The summed E-state index contributed by atoms with van der Waals surface area (Å²) < 4.78 is 0. The molecule has 1 aliphatic heterocycles. The summed E-state index contributed by atoms with van der Waals surface area (Å²) in [6.07, 6.45) is 0.823. The summed E-state index contributed by atoms with van der Waals surface area (Å²) >= 11 is 0. The zero-order valence-electron chi connectivity index (χ0n) is 10.3. The topological polar surface area (TPSA) is 84.2 Å². The number of aryl methyl sites for hydroxylation is 1. The van der Waals surface area contributed by atoms with Crippen LogP contribution >= 0.6 is 0 Å². The van der Waals surface area contributed by atoms with Crippen molar-refractivity contribution < 1.29 is 9.59 Å².